The van der Waals surface area contributed by atoms with Crippen LogP contribution in [0.3, 0.4) is 0 Å². The van der Waals surface area contributed by atoms with Crippen molar-refractivity contribution in [3.05, 3.63) is 0 Å². The number of nitrogens with zero attached hydrogens (tertiary/aromatic N) is 2. The molecule has 1 fully saturated rings. The molecule has 0 aromatic heterocycles. The predicted molar refractivity (Wildman–Crippen MR) is 81.9 cm³/mol. The Balaban J connectivity index is 2.37. The van der Waals surface area contributed by atoms with Gasteiger partial charge in [0.1, 0.15) is 5.54 Å². The first kappa shape index (κ1) is 17.4. The lowest BCUT2D eigenvalue weighted by atomic mass is 9.95. The first-order valence-electron chi connectivity index (χ1n) is 7.59. The van der Waals surface area contributed by atoms with Gasteiger partial charge in [-0.05, 0) is 66.8 Å². The minimum atomic E-state index is -0.564. The fraction of sp³-hybridized carbons (Fsp3) is 0.933. The number of carbonyl (C=O) groups excluding carboxylic acids is 1. The second kappa shape index (κ2) is 7.96. The highest BCUT2D eigenvalue weighted by Crippen LogP contribution is 2.17. The van der Waals surface area contributed by atoms with E-state index in [0.29, 0.717) is 6.04 Å². The Morgan fingerprint density at radius 1 is 1.50 bits per heavy atom. The summed E-state index contributed by atoms with van der Waals surface area (Å²) in [4.78, 5) is 16.6. The van der Waals surface area contributed by atoms with Crippen LogP contribution in [0.5, 0.6) is 0 Å². The molecule has 0 saturated carbocycles. The zero-order valence-corrected chi connectivity index (χ0v) is 13.7. The maximum Gasteiger partial charge on any atom is 0.325 e. The third-order valence-corrected chi connectivity index (χ3v) is 4.55. The van der Waals surface area contributed by atoms with Crippen molar-refractivity contribution in [3.63, 3.8) is 0 Å². The summed E-state index contributed by atoms with van der Waals surface area (Å²) < 4.78 is 4.88. The zero-order chi connectivity index (χ0) is 15.2. The van der Waals surface area contributed by atoms with Crippen LogP contribution < -0.4 is 5.32 Å². The van der Waals surface area contributed by atoms with Gasteiger partial charge in [0.15, 0.2) is 0 Å². The highest BCUT2D eigenvalue weighted by Gasteiger charge is 2.32. The average Bonchev–Trinajstić information content (AvgIpc) is 2.46. The van der Waals surface area contributed by atoms with Crippen molar-refractivity contribution >= 4 is 5.97 Å². The molecule has 1 rings (SSSR count). The number of hydrogen-bond acceptors (Lipinski definition) is 5. The summed E-state index contributed by atoms with van der Waals surface area (Å²) >= 11 is 0. The number of nitrogens with one attached hydrogen (secondary N) is 1. The zero-order valence-electron chi connectivity index (χ0n) is 13.7. The van der Waals surface area contributed by atoms with E-state index in [4.69, 9.17) is 4.74 Å². The number of piperidine rings is 1. The molecule has 5 nitrogen and oxygen atoms in total. The van der Waals surface area contributed by atoms with Gasteiger partial charge in [-0.1, -0.05) is 0 Å². The molecule has 20 heavy (non-hydrogen) atoms. The summed E-state index contributed by atoms with van der Waals surface area (Å²) in [6.07, 6.45) is 4.37. The summed E-state index contributed by atoms with van der Waals surface area (Å²) in [5.41, 5.74) is -0.564. The summed E-state index contributed by atoms with van der Waals surface area (Å²) in [5.74, 6) is -0.176. The van der Waals surface area contributed by atoms with Gasteiger partial charge in [0.25, 0.3) is 0 Å². The van der Waals surface area contributed by atoms with Crippen LogP contribution in [0.25, 0.3) is 0 Å². The molecule has 118 valence electrons. The number of rotatable bonds is 7. The molecule has 0 aromatic carbocycles. The minimum absolute atomic E-state index is 0.176. The monoisotopic (exact) mass is 285 g/mol. The van der Waals surface area contributed by atoms with E-state index < -0.39 is 5.54 Å². The number of carbonyl (C=O) groups is 1. The summed E-state index contributed by atoms with van der Waals surface area (Å²) in [5, 5.41) is 3.09. The first-order chi connectivity index (χ1) is 9.42. The lowest BCUT2D eigenvalue weighted by Crippen LogP contribution is -2.49. The van der Waals surface area contributed by atoms with E-state index in [1.807, 2.05) is 14.0 Å². The van der Waals surface area contributed by atoms with E-state index in [-0.39, 0.29) is 5.97 Å². The molecule has 1 heterocycles. The molecule has 5 heteroatoms. The molecule has 1 aliphatic rings. The summed E-state index contributed by atoms with van der Waals surface area (Å²) in [7, 11) is 7.58. The number of esters is 1. The Bertz CT molecular complexity index is 309. The smallest absolute Gasteiger partial charge is 0.325 e. The maximum atomic E-state index is 11.8. The quantitative estimate of drug-likeness (QED) is 0.706. The van der Waals surface area contributed by atoms with Crippen LogP contribution in [-0.2, 0) is 9.53 Å². The summed E-state index contributed by atoms with van der Waals surface area (Å²) in [6.45, 7) is 5.29. The third-order valence-electron chi connectivity index (χ3n) is 4.55. The van der Waals surface area contributed by atoms with Crippen molar-refractivity contribution in [2.24, 2.45) is 0 Å². The van der Waals surface area contributed by atoms with Gasteiger partial charge in [0.2, 0.25) is 0 Å². The van der Waals surface area contributed by atoms with Crippen LogP contribution in [0.1, 0.15) is 32.6 Å². The van der Waals surface area contributed by atoms with Crippen LogP contribution >= 0.6 is 0 Å². The standard InChI is InChI=1S/C15H31N3O2/c1-15(16-2,14(19)20-5)9-7-11-18-10-6-8-13(12-18)17(3)4/h13,16H,6-12H2,1-5H3. The molecule has 1 saturated heterocycles. The number of hydrogen-bond donors (Lipinski definition) is 1. The SMILES string of the molecule is CNC(C)(CCCN1CCCC(N(C)C)C1)C(=O)OC. The van der Waals surface area contributed by atoms with Crippen LogP contribution in [0.2, 0.25) is 0 Å². The first-order valence-corrected chi connectivity index (χ1v) is 7.59. The van der Waals surface area contributed by atoms with Gasteiger partial charge in [0, 0.05) is 12.6 Å². The molecule has 0 spiro atoms. The fourth-order valence-corrected chi connectivity index (χ4v) is 2.87. The second-order valence-corrected chi connectivity index (χ2v) is 6.24. The molecular weight excluding hydrogens is 254 g/mol. The highest BCUT2D eigenvalue weighted by atomic mass is 16.5. The largest absolute Gasteiger partial charge is 0.468 e. The summed E-state index contributed by atoms with van der Waals surface area (Å²) in [6, 6.07) is 0.667. The lowest BCUT2D eigenvalue weighted by Gasteiger charge is -2.36. The van der Waals surface area contributed by atoms with Crippen molar-refractivity contribution in [2.75, 3.05) is 47.9 Å². The Kier molecular flexibility index (Phi) is 6.92. The van der Waals surface area contributed by atoms with E-state index >= 15 is 0 Å². The number of likely N-dealkylation sites (N-methyl/N-ethyl adjacent to an activating group) is 2. The molecule has 0 aromatic rings. The van der Waals surface area contributed by atoms with Gasteiger partial charge < -0.3 is 19.9 Å². The van der Waals surface area contributed by atoms with Gasteiger partial charge >= 0.3 is 5.97 Å². The van der Waals surface area contributed by atoms with E-state index in [9.17, 15) is 4.79 Å². The van der Waals surface area contributed by atoms with Crippen molar-refractivity contribution in [1.29, 1.82) is 0 Å². The van der Waals surface area contributed by atoms with Gasteiger partial charge in [-0.15, -0.1) is 0 Å². The molecule has 0 amide bonds. The molecule has 2 unspecified atom stereocenters. The van der Waals surface area contributed by atoms with Crippen LogP contribution in [0, 0.1) is 0 Å². The molecular formula is C15H31N3O2. The number of methoxy groups -OCH3 is 1. The molecule has 2 atom stereocenters. The molecule has 1 N–H and O–H groups in total. The van der Waals surface area contributed by atoms with Crippen molar-refractivity contribution in [3.8, 4) is 0 Å². The van der Waals surface area contributed by atoms with Crippen molar-refractivity contribution < 1.29 is 9.53 Å². The van der Waals surface area contributed by atoms with E-state index in [0.717, 1.165) is 25.9 Å². The van der Waals surface area contributed by atoms with Crippen LogP contribution in [0.4, 0.5) is 0 Å². The fourth-order valence-electron chi connectivity index (χ4n) is 2.87. The van der Waals surface area contributed by atoms with Crippen molar-refractivity contribution in [1.82, 2.24) is 15.1 Å². The topological polar surface area (TPSA) is 44.8 Å². The van der Waals surface area contributed by atoms with Crippen LogP contribution in [0.15, 0.2) is 0 Å². The predicted octanol–water partition coefficient (Wildman–Crippen LogP) is 0.944. The molecule has 0 bridgehead atoms. The normalized spacial score (nSPS) is 23.6. The third kappa shape index (κ3) is 4.72. The lowest BCUT2D eigenvalue weighted by molar-refractivity contribution is -0.148. The average molecular weight is 285 g/mol. The molecule has 0 radical (unpaired) electrons. The second-order valence-electron chi connectivity index (χ2n) is 6.24. The van der Waals surface area contributed by atoms with E-state index in [2.05, 4.69) is 29.2 Å². The highest BCUT2D eigenvalue weighted by molar-refractivity contribution is 5.80. The Morgan fingerprint density at radius 3 is 2.75 bits per heavy atom. The maximum absolute atomic E-state index is 11.8. The van der Waals surface area contributed by atoms with Gasteiger partial charge in [-0.25, -0.2) is 0 Å². The van der Waals surface area contributed by atoms with Gasteiger partial charge in [-0.3, -0.25) is 4.79 Å². The Hall–Kier alpha value is -0.650. The molecule has 0 aliphatic carbocycles. The minimum Gasteiger partial charge on any atom is -0.468 e. The van der Waals surface area contributed by atoms with Gasteiger partial charge in [-0.2, -0.15) is 0 Å². The number of likely N-dealkylation sites (tertiary alicyclic amines) is 1. The van der Waals surface area contributed by atoms with Gasteiger partial charge in [0.05, 0.1) is 7.11 Å². The molecule has 1 aliphatic heterocycles. The van der Waals surface area contributed by atoms with Crippen LogP contribution in [-0.4, -0.2) is 75.2 Å². The van der Waals surface area contributed by atoms with E-state index in [1.54, 1.807) is 0 Å². The van der Waals surface area contributed by atoms with Crippen molar-refractivity contribution in [2.45, 2.75) is 44.2 Å². The number of ether oxygens (including phenoxy) is 1. The Morgan fingerprint density at radius 2 is 2.20 bits per heavy atom. The Labute approximate surface area is 123 Å². The van der Waals surface area contributed by atoms with E-state index in [1.165, 1.54) is 26.5 Å².